The molecule has 0 heterocycles. The quantitative estimate of drug-likeness (QED) is 0.810. The third-order valence-electron chi connectivity index (χ3n) is 1.20. The Balaban J connectivity index is 0. The number of carboxylic acid groups (broad SMARTS) is 1. The van der Waals surface area contributed by atoms with Crippen LogP contribution in [0, 0.1) is 0 Å². The zero-order valence-corrected chi connectivity index (χ0v) is 7.90. The van der Waals surface area contributed by atoms with Crippen LogP contribution in [-0.4, -0.2) is 11.1 Å². The molecule has 4 heteroatoms. The number of hydrogen-bond donors (Lipinski definition) is 1. The van der Waals surface area contributed by atoms with Crippen molar-refractivity contribution < 1.29 is 9.90 Å². The summed E-state index contributed by atoms with van der Waals surface area (Å²) in [7, 11) is 0. The van der Waals surface area contributed by atoms with Gasteiger partial charge in [-0.1, -0.05) is 30.3 Å². The summed E-state index contributed by atoms with van der Waals surface area (Å²) in [5.74, 6) is -0.786. The van der Waals surface area contributed by atoms with Crippen molar-refractivity contribution in [1.82, 2.24) is 0 Å². The van der Waals surface area contributed by atoms with Crippen molar-refractivity contribution in [3.63, 3.8) is 0 Å². The van der Waals surface area contributed by atoms with Crippen LogP contribution in [0.25, 0.3) is 0 Å². The van der Waals surface area contributed by atoms with E-state index in [-0.39, 0.29) is 31.2 Å². The molecule has 1 rings (SSSR count). The number of carbonyl (C=O) groups is 1. The minimum atomic E-state index is -0.786. The largest absolute Gasteiger partial charge is 0.481 e. The van der Waals surface area contributed by atoms with Crippen molar-refractivity contribution in [2.45, 2.75) is 6.42 Å². The molecule has 0 aliphatic carbocycles. The van der Waals surface area contributed by atoms with Crippen LogP contribution in [-0.2, 0) is 11.2 Å². The fraction of sp³-hybridized carbons (Fsp3) is 0.125. The number of aliphatic carboxylic acids is 1. The summed E-state index contributed by atoms with van der Waals surface area (Å²) in [4.78, 5) is 10.2. The van der Waals surface area contributed by atoms with Crippen LogP contribution in [0.1, 0.15) is 5.56 Å². The molecule has 2 nitrogen and oxygen atoms in total. The Morgan fingerprint density at radius 1 is 1.17 bits per heavy atom. The second-order valence-electron chi connectivity index (χ2n) is 2.06. The summed E-state index contributed by atoms with van der Waals surface area (Å²) in [6.45, 7) is 0. The molecule has 68 valence electrons. The fourth-order valence-electron chi connectivity index (χ4n) is 0.770. The highest BCUT2D eigenvalue weighted by molar-refractivity contribution is 5.85. The molecule has 0 saturated heterocycles. The summed E-state index contributed by atoms with van der Waals surface area (Å²) in [5.41, 5.74) is 0.843. The summed E-state index contributed by atoms with van der Waals surface area (Å²) in [6.07, 6.45) is 0.112. The first-order chi connectivity index (χ1) is 4.79. The first-order valence-corrected chi connectivity index (χ1v) is 3.05. The van der Waals surface area contributed by atoms with E-state index in [4.69, 9.17) is 5.11 Å². The van der Waals surface area contributed by atoms with Crippen LogP contribution in [0.3, 0.4) is 0 Å². The molecule has 0 bridgehead atoms. The molecule has 12 heavy (non-hydrogen) atoms. The second kappa shape index (κ2) is 6.95. The third kappa shape index (κ3) is 4.99. The van der Waals surface area contributed by atoms with Crippen LogP contribution < -0.4 is 0 Å². The predicted octanol–water partition coefficient (Wildman–Crippen LogP) is 2.16. The van der Waals surface area contributed by atoms with Gasteiger partial charge < -0.3 is 5.11 Å². The molecule has 0 unspecified atom stereocenters. The number of benzene rings is 1. The first kappa shape index (κ1) is 13.8. The molecule has 0 aliphatic heterocycles. The van der Waals surface area contributed by atoms with Crippen molar-refractivity contribution >= 4 is 30.8 Å². The molecule has 0 aliphatic rings. The van der Waals surface area contributed by atoms with E-state index in [0.29, 0.717) is 0 Å². The second-order valence-corrected chi connectivity index (χ2v) is 2.06. The molecular weight excluding hydrogens is 199 g/mol. The van der Waals surface area contributed by atoms with E-state index in [9.17, 15) is 4.79 Å². The van der Waals surface area contributed by atoms with Crippen LogP contribution in [0.4, 0.5) is 0 Å². The van der Waals surface area contributed by atoms with Crippen LogP contribution in [0.5, 0.6) is 0 Å². The monoisotopic (exact) mass is 208 g/mol. The number of carboxylic acids is 1. The highest BCUT2D eigenvalue weighted by Gasteiger charge is 1.96. The molecule has 0 radical (unpaired) electrons. The van der Waals surface area contributed by atoms with Gasteiger partial charge in [-0.3, -0.25) is 4.79 Å². The Labute approximate surface area is 83.4 Å². The molecule has 0 atom stereocenters. The molecule has 1 aromatic carbocycles. The maximum atomic E-state index is 10.2. The van der Waals surface area contributed by atoms with Gasteiger partial charge in [-0.2, -0.15) is 0 Å². The summed E-state index contributed by atoms with van der Waals surface area (Å²) in [5, 5.41) is 8.37. The Hall–Kier alpha value is -0.730. The van der Waals surface area contributed by atoms with Crippen molar-refractivity contribution in [3.05, 3.63) is 35.9 Å². The smallest absolute Gasteiger partial charge is 0.307 e. The molecule has 0 amide bonds. The molecule has 0 aromatic heterocycles. The van der Waals surface area contributed by atoms with Gasteiger partial charge in [0.05, 0.1) is 6.42 Å². The molecule has 0 fully saturated rings. The number of rotatable bonds is 2. The Morgan fingerprint density at radius 2 is 1.67 bits per heavy atom. The van der Waals surface area contributed by atoms with Gasteiger partial charge in [0, 0.05) is 0 Å². The Morgan fingerprint density at radius 3 is 2.08 bits per heavy atom. The number of halogens is 2. The minimum Gasteiger partial charge on any atom is -0.481 e. The van der Waals surface area contributed by atoms with E-state index < -0.39 is 5.97 Å². The van der Waals surface area contributed by atoms with Gasteiger partial charge in [-0.05, 0) is 5.56 Å². The van der Waals surface area contributed by atoms with Crippen LogP contribution in [0.2, 0.25) is 0 Å². The van der Waals surface area contributed by atoms with E-state index in [1.165, 1.54) is 0 Å². The van der Waals surface area contributed by atoms with Gasteiger partial charge in [-0.15, -0.1) is 24.8 Å². The van der Waals surface area contributed by atoms with Gasteiger partial charge in [0.2, 0.25) is 0 Å². The Kier molecular flexibility index (Phi) is 8.01. The molecule has 0 saturated carbocycles. The van der Waals surface area contributed by atoms with Crippen molar-refractivity contribution in [2.24, 2.45) is 0 Å². The van der Waals surface area contributed by atoms with Crippen molar-refractivity contribution in [2.75, 3.05) is 0 Å². The van der Waals surface area contributed by atoms with Gasteiger partial charge in [0.15, 0.2) is 0 Å². The van der Waals surface area contributed by atoms with E-state index in [1.807, 2.05) is 18.2 Å². The topological polar surface area (TPSA) is 37.3 Å². The maximum Gasteiger partial charge on any atom is 0.307 e. The summed E-state index contributed by atoms with van der Waals surface area (Å²) in [6, 6.07) is 9.13. The average Bonchev–Trinajstić information content (AvgIpc) is 1.88. The van der Waals surface area contributed by atoms with Crippen LogP contribution in [0.15, 0.2) is 30.3 Å². The third-order valence-corrected chi connectivity index (χ3v) is 1.20. The zero-order valence-electron chi connectivity index (χ0n) is 6.27. The molecule has 1 aromatic rings. The van der Waals surface area contributed by atoms with Crippen LogP contribution >= 0.6 is 24.8 Å². The van der Waals surface area contributed by atoms with Crippen molar-refractivity contribution in [1.29, 1.82) is 0 Å². The van der Waals surface area contributed by atoms with E-state index in [1.54, 1.807) is 12.1 Å². The normalized spacial score (nSPS) is 7.67. The van der Waals surface area contributed by atoms with Gasteiger partial charge in [0.1, 0.15) is 0 Å². The highest BCUT2D eigenvalue weighted by Crippen LogP contribution is 1.98. The predicted molar refractivity (Wildman–Crippen MR) is 52.3 cm³/mol. The SMILES string of the molecule is Cl.Cl.O=C(O)Cc1ccccc1. The lowest BCUT2D eigenvalue weighted by molar-refractivity contribution is -0.136. The maximum absolute atomic E-state index is 10.2. The molecule has 1 N–H and O–H groups in total. The van der Waals surface area contributed by atoms with Gasteiger partial charge >= 0.3 is 5.97 Å². The summed E-state index contributed by atoms with van der Waals surface area (Å²) < 4.78 is 0. The Bertz CT molecular complexity index is 224. The molecular formula is C8H10Cl2O2. The standard InChI is InChI=1S/C8H8O2.2ClH/c9-8(10)6-7-4-2-1-3-5-7;;/h1-5H,6H2,(H,9,10);2*1H. The van der Waals surface area contributed by atoms with E-state index in [2.05, 4.69) is 0 Å². The number of hydrogen-bond acceptors (Lipinski definition) is 1. The van der Waals surface area contributed by atoms with Crippen molar-refractivity contribution in [3.8, 4) is 0 Å². The lowest BCUT2D eigenvalue weighted by Gasteiger charge is -1.92. The average molecular weight is 209 g/mol. The lowest BCUT2D eigenvalue weighted by atomic mass is 10.2. The summed E-state index contributed by atoms with van der Waals surface area (Å²) >= 11 is 0. The highest BCUT2D eigenvalue weighted by atomic mass is 35.5. The van der Waals surface area contributed by atoms with Gasteiger partial charge in [-0.25, -0.2) is 0 Å². The van der Waals surface area contributed by atoms with E-state index >= 15 is 0 Å². The minimum absolute atomic E-state index is 0. The lowest BCUT2D eigenvalue weighted by Crippen LogP contribution is -1.98. The first-order valence-electron chi connectivity index (χ1n) is 3.05. The fourth-order valence-corrected chi connectivity index (χ4v) is 0.770. The molecule has 0 spiro atoms. The zero-order chi connectivity index (χ0) is 7.40. The van der Waals surface area contributed by atoms with Gasteiger partial charge in [0.25, 0.3) is 0 Å². The van der Waals surface area contributed by atoms with E-state index in [0.717, 1.165) is 5.56 Å².